The molecule has 7 nitrogen and oxygen atoms in total. The highest BCUT2D eigenvalue weighted by atomic mass is 32.2. The van der Waals surface area contributed by atoms with E-state index in [-0.39, 0.29) is 22.9 Å². The Bertz CT molecular complexity index is 573. The Balaban J connectivity index is 2.32. The van der Waals surface area contributed by atoms with Gasteiger partial charge >= 0.3 is 0 Å². The molecule has 1 aliphatic heterocycles. The van der Waals surface area contributed by atoms with Gasteiger partial charge in [0.2, 0.25) is 10.0 Å². The van der Waals surface area contributed by atoms with Crippen LogP contribution in [0.25, 0.3) is 0 Å². The number of carboxylic acid groups (broad SMARTS) is 1. The van der Waals surface area contributed by atoms with Gasteiger partial charge in [0.1, 0.15) is 10.6 Å². The van der Waals surface area contributed by atoms with Crippen molar-refractivity contribution >= 4 is 16.0 Å². The smallest absolute Gasteiger partial charge is 0.248 e. The van der Waals surface area contributed by atoms with Crippen LogP contribution in [0.4, 0.5) is 0 Å². The summed E-state index contributed by atoms with van der Waals surface area (Å²) in [5.74, 6) is -1.75. The Kier molecular flexibility index (Phi) is 3.64. The van der Waals surface area contributed by atoms with Crippen molar-refractivity contribution in [2.75, 3.05) is 13.1 Å². The van der Waals surface area contributed by atoms with E-state index in [2.05, 4.69) is 5.16 Å². The molecule has 0 bridgehead atoms. The van der Waals surface area contributed by atoms with Crippen LogP contribution >= 0.6 is 0 Å². The highest BCUT2D eigenvalue weighted by Crippen LogP contribution is 2.27. The molecule has 1 aromatic heterocycles. The summed E-state index contributed by atoms with van der Waals surface area (Å²) >= 11 is 0. The average Bonchev–Trinajstić information content (AvgIpc) is 2.69. The van der Waals surface area contributed by atoms with Crippen molar-refractivity contribution in [3.63, 3.8) is 0 Å². The van der Waals surface area contributed by atoms with Crippen molar-refractivity contribution < 1.29 is 22.8 Å². The van der Waals surface area contributed by atoms with E-state index in [0.717, 1.165) is 0 Å². The van der Waals surface area contributed by atoms with Gasteiger partial charge < -0.3 is 14.4 Å². The maximum Gasteiger partial charge on any atom is 0.248 e. The molecule has 0 radical (unpaired) electrons. The second kappa shape index (κ2) is 4.93. The van der Waals surface area contributed by atoms with Crippen LogP contribution in [-0.4, -0.2) is 36.9 Å². The lowest BCUT2D eigenvalue weighted by atomic mass is 10.0. The summed E-state index contributed by atoms with van der Waals surface area (Å²) in [6.07, 6.45) is 0.942. The van der Waals surface area contributed by atoms with Crippen molar-refractivity contribution in [2.45, 2.75) is 31.6 Å². The molecule has 0 amide bonds. The van der Waals surface area contributed by atoms with Crippen LogP contribution in [0.15, 0.2) is 9.42 Å². The molecule has 2 heterocycles. The number of piperidine rings is 1. The first kappa shape index (κ1) is 14.0. The summed E-state index contributed by atoms with van der Waals surface area (Å²) in [6, 6.07) is 0. The Morgan fingerprint density at radius 1 is 1.47 bits per heavy atom. The number of carbonyl (C=O) groups excluding carboxylic acids is 1. The first-order valence-electron chi connectivity index (χ1n) is 5.98. The molecule has 0 aromatic carbocycles. The van der Waals surface area contributed by atoms with E-state index >= 15 is 0 Å². The number of rotatable bonds is 3. The number of aryl methyl sites for hydroxylation is 2. The van der Waals surface area contributed by atoms with E-state index in [1.54, 1.807) is 6.92 Å². The number of carboxylic acids is 1. The number of aliphatic carboxylic acids is 1. The van der Waals surface area contributed by atoms with Gasteiger partial charge in [0.05, 0.1) is 0 Å². The minimum absolute atomic E-state index is 0.0338. The molecular formula is C11H15N2O5S-. The fraction of sp³-hybridized carbons (Fsp3) is 0.636. The van der Waals surface area contributed by atoms with Gasteiger partial charge in [-0.25, -0.2) is 8.42 Å². The van der Waals surface area contributed by atoms with E-state index in [9.17, 15) is 18.3 Å². The summed E-state index contributed by atoms with van der Waals surface area (Å²) in [6.45, 7) is 3.31. The van der Waals surface area contributed by atoms with Crippen LogP contribution in [0.3, 0.4) is 0 Å². The third kappa shape index (κ3) is 2.50. The molecule has 1 saturated heterocycles. The Morgan fingerprint density at radius 3 is 2.68 bits per heavy atom. The summed E-state index contributed by atoms with van der Waals surface area (Å²) in [4.78, 5) is 10.9. The van der Waals surface area contributed by atoms with Crippen molar-refractivity contribution in [3.05, 3.63) is 11.5 Å². The fourth-order valence-corrected chi connectivity index (χ4v) is 4.14. The highest BCUT2D eigenvalue weighted by Gasteiger charge is 2.34. The third-order valence-electron chi connectivity index (χ3n) is 3.28. The first-order valence-corrected chi connectivity index (χ1v) is 7.42. The summed E-state index contributed by atoms with van der Waals surface area (Å²) < 4.78 is 31.0. The molecule has 8 heteroatoms. The van der Waals surface area contributed by atoms with E-state index in [0.29, 0.717) is 19.4 Å². The number of sulfonamides is 1. The van der Waals surface area contributed by atoms with Crippen LogP contribution in [0.2, 0.25) is 0 Å². The minimum atomic E-state index is -3.76. The van der Waals surface area contributed by atoms with Crippen LogP contribution in [0.1, 0.15) is 24.3 Å². The van der Waals surface area contributed by atoms with Gasteiger partial charge in [-0.3, -0.25) is 0 Å². The second-order valence-corrected chi connectivity index (χ2v) is 6.55. The van der Waals surface area contributed by atoms with Crippen LogP contribution in [0.5, 0.6) is 0 Å². The molecule has 19 heavy (non-hydrogen) atoms. The highest BCUT2D eigenvalue weighted by molar-refractivity contribution is 7.89. The molecule has 1 fully saturated rings. The van der Waals surface area contributed by atoms with Crippen LogP contribution < -0.4 is 5.11 Å². The average molecular weight is 287 g/mol. The number of nitrogens with zero attached hydrogens (tertiary/aromatic N) is 2. The molecule has 106 valence electrons. The molecule has 0 aliphatic carbocycles. The normalized spacial score (nSPS) is 21.5. The lowest BCUT2D eigenvalue weighted by Gasteiger charge is -2.32. The minimum Gasteiger partial charge on any atom is -0.550 e. The zero-order valence-electron chi connectivity index (χ0n) is 10.7. The SMILES string of the molecule is Cc1noc(C)c1S(=O)(=O)N1CCC[C@@H](C(=O)[O-])C1. The largest absolute Gasteiger partial charge is 0.550 e. The number of hydrogen-bond donors (Lipinski definition) is 0. The molecule has 1 aromatic rings. The number of aromatic nitrogens is 1. The summed E-state index contributed by atoms with van der Waals surface area (Å²) in [5.41, 5.74) is 0.285. The molecule has 2 rings (SSSR count). The first-order chi connectivity index (χ1) is 8.84. The third-order valence-corrected chi connectivity index (χ3v) is 5.39. The van der Waals surface area contributed by atoms with Gasteiger partial charge in [-0.2, -0.15) is 4.31 Å². The Morgan fingerprint density at radius 2 is 2.16 bits per heavy atom. The van der Waals surface area contributed by atoms with E-state index in [1.807, 2.05) is 0 Å². The van der Waals surface area contributed by atoms with Crippen molar-refractivity contribution in [2.24, 2.45) is 5.92 Å². The predicted octanol–water partition coefficient (Wildman–Crippen LogP) is -0.558. The van der Waals surface area contributed by atoms with Crippen LogP contribution in [0, 0.1) is 19.8 Å². The van der Waals surface area contributed by atoms with E-state index in [1.165, 1.54) is 11.2 Å². The molecule has 0 N–H and O–H groups in total. The van der Waals surface area contributed by atoms with E-state index in [4.69, 9.17) is 4.52 Å². The van der Waals surface area contributed by atoms with Gasteiger partial charge in [-0.1, -0.05) is 5.16 Å². The number of hydrogen-bond acceptors (Lipinski definition) is 6. The lowest BCUT2D eigenvalue weighted by Crippen LogP contribution is -2.46. The summed E-state index contributed by atoms with van der Waals surface area (Å²) in [7, 11) is -3.76. The van der Waals surface area contributed by atoms with Crippen molar-refractivity contribution in [1.82, 2.24) is 9.46 Å². The Labute approximate surface area is 111 Å². The lowest BCUT2D eigenvalue weighted by molar-refractivity contribution is -0.312. The molecule has 0 spiro atoms. The summed E-state index contributed by atoms with van der Waals surface area (Å²) in [5, 5.41) is 14.5. The maximum absolute atomic E-state index is 12.5. The molecular weight excluding hydrogens is 272 g/mol. The van der Waals surface area contributed by atoms with Crippen molar-refractivity contribution in [3.8, 4) is 0 Å². The second-order valence-electron chi connectivity index (χ2n) is 4.67. The number of carbonyl (C=O) groups is 1. The van der Waals surface area contributed by atoms with Gasteiger partial charge in [0, 0.05) is 25.0 Å². The molecule has 1 aliphatic rings. The maximum atomic E-state index is 12.5. The Hall–Kier alpha value is -1.41. The molecule has 0 saturated carbocycles. The molecule has 0 unspecified atom stereocenters. The van der Waals surface area contributed by atoms with Crippen molar-refractivity contribution in [1.29, 1.82) is 0 Å². The van der Waals surface area contributed by atoms with Gasteiger partial charge in [-0.15, -0.1) is 0 Å². The van der Waals surface area contributed by atoms with Gasteiger partial charge in [-0.05, 0) is 26.7 Å². The van der Waals surface area contributed by atoms with Gasteiger partial charge in [0.15, 0.2) is 5.76 Å². The zero-order valence-corrected chi connectivity index (χ0v) is 11.6. The standard InChI is InChI=1S/C11H16N2O5S/c1-7-10(8(2)18-12-7)19(16,17)13-5-3-4-9(6-13)11(14)15/h9H,3-6H2,1-2H3,(H,14,15)/p-1/t9-/m1/s1. The predicted molar refractivity (Wildman–Crippen MR) is 62.5 cm³/mol. The quantitative estimate of drug-likeness (QED) is 0.738. The topological polar surface area (TPSA) is 104 Å². The fourth-order valence-electron chi connectivity index (χ4n) is 2.33. The zero-order chi connectivity index (χ0) is 14.2. The molecule has 1 atom stereocenters. The van der Waals surface area contributed by atoms with E-state index < -0.39 is 21.9 Å². The van der Waals surface area contributed by atoms with Crippen LogP contribution in [-0.2, 0) is 14.8 Å². The van der Waals surface area contributed by atoms with Gasteiger partial charge in [0.25, 0.3) is 0 Å². The monoisotopic (exact) mass is 287 g/mol.